The first kappa shape index (κ1) is 40.1. The second-order valence-electron chi connectivity index (χ2n) is 10.6. The van der Waals surface area contributed by atoms with Crippen molar-refractivity contribution in [3.8, 4) is 11.5 Å². The lowest BCUT2D eigenvalue weighted by Crippen LogP contribution is -2.37. The van der Waals surface area contributed by atoms with Crippen LogP contribution in [0.1, 0.15) is 64.7 Å². The number of nitrogens with one attached hydrogen (secondary N) is 1. The van der Waals surface area contributed by atoms with Crippen LogP contribution in [0.4, 0.5) is 5.69 Å². The zero-order valence-corrected chi connectivity index (χ0v) is 28.7. The minimum Gasteiger partial charge on any atom is -0.454 e. The highest BCUT2D eigenvalue weighted by atomic mass is 32.2. The van der Waals surface area contributed by atoms with Gasteiger partial charge in [0.25, 0.3) is 0 Å². The van der Waals surface area contributed by atoms with E-state index in [1.54, 1.807) is 30.3 Å². The predicted molar refractivity (Wildman–Crippen MR) is 171 cm³/mol. The summed E-state index contributed by atoms with van der Waals surface area (Å²) in [7, 11) is -4.44. The first-order valence-corrected chi connectivity index (χ1v) is 16.6. The number of sulfonamides is 1. The van der Waals surface area contributed by atoms with Gasteiger partial charge in [-0.1, -0.05) is 31.5 Å². The smallest absolute Gasteiger partial charge is 0.347 e. The number of hydrogen-bond acceptors (Lipinski definition) is 15. The number of primary sulfonamides is 1. The van der Waals surface area contributed by atoms with Crippen LogP contribution in [0.5, 0.6) is 11.5 Å². The summed E-state index contributed by atoms with van der Waals surface area (Å²) in [6.07, 6.45) is -4.07. The van der Waals surface area contributed by atoms with Crippen molar-refractivity contribution in [3.05, 3.63) is 48.0 Å². The summed E-state index contributed by atoms with van der Waals surface area (Å²) in [6, 6.07) is 10.5. The molecule has 17 heteroatoms. The highest BCUT2D eigenvalue weighted by Gasteiger charge is 2.30. The Morgan fingerprint density at radius 3 is 1.84 bits per heavy atom. The first-order valence-electron chi connectivity index (χ1n) is 15.1. The molecule has 0 heterocycles. The zero-order chi connectivity index (χ0) is 36.9. The zero-order valence-electron chi connectivity index (χ0n) is 27.9. The number of carbonyl (C=O) groups excluding carboxylic acids is 6. The fourth-order valence-corrected chi connectivity index (χ4v) is 4.35. The van der Waals surface area contributed by atoms with Gasteiger partial charge in [-0.25, -0.2) is 37.5 Å². The minimum absolute atomic E-state index is 0.124. The molecule has 2 rings (SSSR count). The lowest BCUT2D eigenvalue weighted by atomic mass is 10.1. The number of anilines is 1. The molecule has 268 valence electrons. The van der Waals surface area contributed by atoms with Gasteiger partial charge in [0.15, 0.2) is 42.6 Å². The second kappa shape index (κ2) is 18.5. The third-order valence-corrected chi connectivity index (χ3v) is 7.40. The maximum atomic E-state index is 12.9. The number of nitrogens with two attached hydrogens (primary N) is 1. The number of hydrogen-bond donors (Lipinski definition) is 2. The number of unbranched alkanes of at least 4 members (excludes halogenated alkanes) is 1. The van der Waals surface area contributed by atoms with Crippen molar-refractivity contribution in [3.63, 3.8) is 0 Å². The number of carbonyl (C=O) groups is 6. The van der Waals surface area contributed by atoms with E-state index in [1.807, 2.05) is 6.92 Å². The SMILES string of the molecule is CCCCNc1cc(C(=O)OCC(=O)O[C@@H](C)C(=O)O[C@@H](C)C(=O)O[C@@H](C)C(=O)O[C@@H](C)C(C)=O)cc(S(N)(=O)=O)c1Oc1ccccc1. The van der Waals surface area contributed by atoms with E-state index in [2.05, 4.69) is 5.32 Å². The summed E-state index contributed by atoms with van der Waals surface area (Å²) in [5.74, 6) is -5.85. The Bertz CT molecular complexity index is 1630. The van der Waals surface area contributed by atoms with Crippen LogP contribution in [0.2, 0.25) is 0 Å². The average molecular weight is 709 g/mol. The molecule has 0 aliphatic rings. The molecule has 16 nitrogen and oxygen atoms in total. The topological polar surface area (TPSA) is 230 Å². The van der Waals surface area contributed by atoms with Gasteiger partial charge in [0.1, 0.15) is 10.6 Å². The van der Waals surface area contributed by atoms with Crippen molar-refractivity contribution in [1.82, 2.24) is 0 Å². The highest BCUT2D eigenvalue weighted by molar-refractivity contribution is 7.89. The summed E-state index contributed by atoms with van der Waals surface area (Å²) >= 11 is 0. The maximum Gasteiger partial charge on any atom is 0.347 e. The van der Waals surface area contributed by atoms with Gasteiger partial charge in [-0.15, -0.1) is 0 Å². The van der Waals surface area contributed by atoms with Crippen LogP contribution in [-0.2, 0) is 57.7 Å². The normalized spacial score (nSPS) is 13.4. The molecule has 0 fully saturated rings. The minimum atomic E-state index is -4.44. The molecule has 0 bridgehead atoms. The number of rotatable bonds is 18. The van der Waals surface area contributed by atoms with Gasteiger partial charge < -0.3 is 33.7 Å². The van der Waals surface area contributed by atoms with Crippen LogP contribution < -0.4 is 15.2 Å². The van der Waals surface area contributed by atoms with Gasteiger partial charge >= 0.3 is 29.8 Å². The van der Waals surface area contributed by atoms with E-state index in [9.17, 15) is 37.2 Å². The van der Waals surface area contributed by atoms with E-state index in [1.165, 1.54) is 26.8 Å². The molecule has 0 saturated heterocycles. The summed E-state index contributed by atoms with van der Waals surface area (Å²) in [6.45, 7) is 7.37. The van der Waals surface area contributed by atoms with E-state index in [0.29, 0.717) is 18.7 Å². The number of Topliss-reactive ketones (excluding diaryl/α,β-unsaturated/α-hetero) is 1. The molecule has 0 aromatic heterocycles. The molecule has 0 aliphatic heterocycles. The Morgan fingerprint density at radius 2 is 1.33 bits per heavy atom. The van der Waals surface area contributed by atoms with Gasteiger partial charge in [-0.2, -0.15) is 0 Å². The van der Waals surface area contributed by atoms with E-state index in [4.69, 9.17) is 33.6 Å². The van der Waals surface area contributed by atoms with E-state index < -0.39 is 81.6 Å². The van der Waals surface area contributed by atoms with Gasteiger partial charge in [0.2, 0.25) is 10.0 Å². The molecule has 0 spiro atoms. The number of para-hydroxylation sites is 1. The third-order valence-electron chi connectivity index (χ3n) is 6.48. The molecular formula is C32H40N2O14S. The summed E-state index contributed by atoms with van der Waals surface area (Å²) < 4.78 is 55.5. The monoisotopic (exact) mass is 708 g/mol. The molecule has 0 amide bonds. The lowest BCUT2D eigenvalue weighted by Gasteiger charge is -2.19. The van der Waals surface area contributed by atoms with Gasteiger partial charge in [-0.3, -0.25) is 4.79 Å². The van der Waals surface area contributed by atoms with Crippen LogP contribution in [-0.4, -0.2) is 81.6 Å². The highest BCUT2D eigenvalue weighted by Crippen LogP contribution is 2.37. The Hall–Kier alpha value is -5.03. The van der Waals surface area contributed by atoms with Crippen molar-refractivity contribution >= 4 is 51.3 Å². The van der Waals surface area contributed by atoms with E-state index in [0.717, 1.165) is 26.3 Å². The number of ketones is 1. The van der Waals surface area contributed by atoms with Crippen molar-refractivity contribution in [1.29, 1.82) is 0 Å². The van der Waals surface area contributed by atoms with Crippen molar-refractivity contribution in [2.24, 2.45) is 5.14 Å². The summed E-state index contributed by atoms with van der Waals surface area (Å²) in [4.78, 5) is 72.7. The van der Waals surface area contributed by atoms with Crippen molar-refractivity contribution in [2.75, 3.05) is 18.5 Å². The second-order valence-corrected chi connectivity index (χ2v) is 12.2. The Balaban J connectivity index is 2.06. The number of benzene rings is 2. The van der Waals surface area contributed by atoms with Crippen molar-refractivity contribution < 1.29 is 65.6 Å². The van der Waals surface area contributed by atoms with Gasteiger partial charge in [0, 0.05) is 6.54 Å². The number of ether oxygens (including phenoxy) is 6. The average Bonchev–Trinajstić information content (AvgIpc) is 3.03. The molecule has 0 unspecified atom stereocenters. The van der Waals surface area contributed by atoms with E-state index in [-0.39, 0.29) is 17.0 Å². The largest absolute Gasteiger partial charge is 0.454 e. The molecule has 0 saturated carbocycles. The molecule has 2 aromatic rings. The van der Waals surface area contributed by atoms with Gasteiger partial charge in [-0.05, 0) is 65.3 Å². The molecular weight excluding hydrogens is 668 g/mol. The fourth-order valence-electron chi connectivity index (χ4n) is 3.65. The summed E-state index contributed by atoms with van der Waals surface area (Å²) in [5.41, 5.74) is -0.163. The van der Waals surface area contributed by atoms with Crippen LogP contribution in [0.25, 0.3) is 0 Å². The quantitative estimate of drug-likeness (QED) is 0.129. The van der Waals surface area contributed by atoms with Crippen LogP contribution in [0.15, 0.2) is 47.4 Å². The molecule has 0 radical (unpaired) electrons. The van der Waals surface area contributed by atoms with Crippen molar-refractivity contribution in [2.45, 2.75) is 83.7 Å². The van der Waals surface area contributed by atoms with Crippen LogP contribution in [0.3, 0.4) is 0 Å². The first-order chi connectivity index (χ1) is 22.9. The van der Waals surface area contributed by atoms with Gasteiger partial charge in [0.05, 0.1) is 11.3 Å². The third kappa shape index (κ3) is 12.8. The van der Waals surface area contributed by atoms with E-state index >= 15 is 0 Å². The molecule has 4 atom stereocenters. The predicted octanol–water partition coefficient (Wildman–Crippen LogP) is 2.81. The standard InChI is InChI=1S/C32H40N2O14S/c1-7-8-14-34-25-15-23(16-26(49(33,41)42)28(25)48-24-12-10-9-11-13-24)32(40)43-17-27(36)44-20(4)29(37)46-22(6)31(39)47-21(5)30(38)45-19(3)18(2)35/h9-13,15-16,19-22,34H,7-8,14,17H2,1-6H3,(H2,33,41,42)/t19-,20-,21-,22-/m0/s1. The van der Waals surface area contributed by atoms with Crippen LogP contribution >= 0.6 is 0 Å². The van der Waals surface area contributed by atoms with Crippen LogP contribution in [0, 0.1) is 0 Å². The Labute approximate surface area is 283 Å². The maximum absolute atomic E-state index is 12.9. The lowest BCUT2D eigenvalue weighted by molar-refractivity contribution is -0.183. The molecule has 49 heavy (non-hydrogen) atoms. The Kier molecular flexibility index (Phi) is 15.2. The Morgan fingerprint density at radius 1 is 0.796 bits per heavy atom. The molecule has 2 aromatic carbocycles. The fraction of sp³-hybridized carbons (Fsp3) is 0.438. The number of esters is 5. The molecule has 0 aliphatic carbocycles. The molecule has 3 N–H and O–H groups in total. The summed E-state index contributed by atoms with van der Waals surface area (Å²) in [5, 5.41) is 8.49.